The van der Waals surface area contributed by atoms with Crippen LogP contribution in [0.1, 0.15) is 12.5 Å². The number of nitrogens with two attached hydrogens (primary N) is 1. The largest absolute Gasteiger partial charge is 0.329 e. The molecule has 0 aliphatic rings. The van der Waals surface area contributed by atoms with Gasteiger partial charge in [0.2, 0.25) is 10.0 Å². The Labute approximate surface area is 101 Å². The van der Waals surface area contributed by atoms with E-state index < -0.39 is 15.3 Å². The molecule has 2 N–H and O–H groups in total. The van der Waals surface area contributed by atoms with Gasteiger partial charge in [0.1, 0.15) is 5.82 Å². The molecule has 6 heteroatoms. The van der Waals surface area contributed by atoms with Crippen molar-refractivity contribution in [2.75, 3.05) is 13.6 Å². The van der Waals surface area contributed by atoms with E-state index in [-0.39, 0.29) is 18.9 Å². The summed E-state index contributed by atoms with van der Waals surface area (Å²) in [6, 6.07) is 5.74. The Morgan fingerprint density at radius 3 is 2.35 bits per heavy atom. The van der Waals surface area contributed by atoms with E-state index in [1.54, 1.807) is 19.1 Å². The summed E-state index contributed by atoms with van der Waals surface area (Å²) in [4.78, 5) is 0. The molecule has 0 aliphatic heterocycles. The summed E-state index contributed by atoms with van der Waals surface area (Å²) in [5, 5.41) is -0.618. The quantitative estimate of drug-likeness (QED) is 0.856. The maximum absolute atomic E-state index is 12.7. The van der Waals surface area contributed by atoms with Crippen LogP contribution in [0.15, 0.2) is 24.3 Å². The molecule has 1 aromatic carbocycles. The van der Waals surface area contributed by atoms with Gasteiger partial charge in [-0.25, -0.2) is 17.1 Å². The van der Waals surface area contributed by atoms with Crippen LogP contribution in [0.5, 0.6) is 0 Å². The van der Waals surface area contributed by atoms with Gasteiger partial charge in [0.05, 0.1) is 5.25 Å². The molecule has 0 fully saturated rings. The normalized spacial score (nSPS) is 13.9. The van der Waals surface area contributed by atoms with Crippen molar-refractivity contribution in [2.45, 2.75) is 18.7 Å². The molecular weight excluding hydrogens is 243 g/mol. The van der Waals surface area contributed by atoms with E-state index in [1.807, 2.05) is 0 Å². The molecule has 0 heterocycles. The van der Waals surface area contributed by atoms with Gasteiger partial charge in [-0.1, -0.05) is 12.1 Å². The molecule has 4 nitrogen and oxygen atoms in total. The highest BCUT2D eigenvalue weighted by atomic mass is 32.2. The predicted octanol–water partition coefficient (Wildman–Crippen LogP) is 0.935. The van der Waals surface area contributed by atoms with Gasteiger partial charge in [-0.2, -0.15) is 0 Å². The van der Waals surface area contributed by atoms with Crippen molar-refractivity contribution in [3.63, 3.8) is 0 Å². The number of nitrogens with zero attached hydrogens (tertiary/aromatic N) is 1. The Morgan fingerprint density at radius 2 is 1.88 bits per heavy atom. The molecule has 0 spiro atoms. The van der Waals surface area contributed by atoms with Gasteiger partial charge in [0.25, 0.3) is 0 Å². The van der Waals surface area contributed by atoms with Gasteiger partial charge < -0.3 is 5.73 Å². The molecule has 1 unspecified atom stereocenters. The van der Waals surface area contributed by atoms with Gasteiger partial charge in [-0.05, 0) is 24.6 Å². The third-order valence-electron chi connectivity index (χ3n) is 2.59. The highest BCUT2D eigenvalue weighted by Gasteiger charge is 2.24. The molecule has 0 bridgehead atoms. The highest BCUT2D eigenvalue weighted by Crippen LogP contribution is 2.11. The van der Waals surface area contributed by atoms with Gasteiger partial charge >= 0.3 is 0 Å². The Kier molecular flexibility index (Phi) is 4.62. The Morgan fingerprint density at radius 1 is 1.35 bits per heavy atom. The monoisotopic (exact) mass is 260 g/mol. The van der Waals surface area contributed by atoms with E-state index in [0.29, 0.717) is 0 Å². The van der Waals surface area contributed by atoms with E-state index >= 15 is 0 Å². The van der Waals surface area contributed by atoms with E-state index in [2.05, 4.69) is 0 Å². The summed E-state index contributed by atoms with van der Waals surface area (Å²) in [7, 11) is -1.89. The van der Waals surface area contributed by atoms with Crippen molar-refractivity contribution in [3.8, 4) is 0 Å². The second-order valence-corrected chi connectivity index (χ2v) is 6.43. The lowest BCUT2D eigenvalue weighted by atomic mass is 10.2. The fourth-order valence-corrected chi connectivity index (χ4v) is 2.55. The molecule has 0 saturated heterocycles. The van der Waals surface area contributed by atoms with Crippen LogP contribution < -0.4 is 5.73 Å². The molecule has 0 radical (unpaired) electrons. The number of hydrogen-bond donors (Lipinski definition) is 1. The number of hydrogen-bond acceptors (Lipinski definition) is 3. The Hall–Kier alpha value is -0.980. The SMILES string of the molecule is CC(CN)S(=O)(=O)N(C)Cc1ccc(F)cc1. The van der Waals surface area contributed by atoms with E-state index in [0.717, 1.165) is 5.56 Å². The third kappa shape index (κ3) is 3.49. The van der Waals surface area contributed by atoms with Crippen molar-refractivity contribution in [1.29, 1.82) is 0 Å². The average Bonchev–Trinajstić information content (AvgIpc) is 2.30. The van der Waals surface area contributed by atoms with Crippen LogP contribution in [0.2, 0.25) is 0 Å². The first kappa shape index (κ1) is 14.1. The molecule has 17 heavy (non-hydrogen) atoms. The molecule has 0 amide bonds. The molecule has 0 aromatic heterocycles. The van der Waals surface area contributed by atoms with Gasteiger partial charge in [0, 0.05) is 20.1 Å². The summed E-state index contributed by atoms with van der Waals surface area (Å²) < 4.78 is 37.7. The summed E-state index contributed by atoms with van der Waals surface area (Å²) >= 11 is 0. The number of sulfonamides is 1. The Bertz CT molecular complexity index is 459. The summed E-state index contributed by atoms with van der Waals surface area (Å²) in [5.41, 5.74) is 6.09. The lowest BCUT2D eigenvalue weighted by molar-refractivity contribution is 0.457. The molecule has 1 rings (SSSR count). The van der Waals surface area contributed by atoms with Crippen molar-refractivity contribution < 1.29 is 12.8 Å². The van der Waals surface area contributed by atoms with E-state index in [9.17, 15) is 12.8 Å². The van der Waals surface area contributed by atoms with Crippen LogP contribution in [0.4, 0.5) is 4.39 Å². The van der Waals surface area contributed by atoms with Gasteiger partial charge in [0.15, 0.2) is 0 Å². The third-order valence-corrected chi connectivity index (χ3v) is 4.80. The lowest BCUT2D eigenvalue weighted by Crippen LogP contribution is -2.38. The minimum atomic E-state index is -3.38. The van der Waals surface area contributed by atoms with E-state index in [4.69, 9.17) is 5.73 Å². The van der Waals surface area contributed by atoms with Crippen LogP contribution in [-0.4, -0.2) is 31.6 Å². The standard InChI is InChI=1S/C11H17FN2O2S/c1-9(7-13)17(15,16)14(2)8-10-3-5-11(12)6-4-10/h3-6,9H,7-8,13H2,1-2H3. The minimum Gasteiger partial charge on any atom is -0.329 e. The molecule has 0 aliphatic carbocycles. The first-order chi connectivity index (χ1) is 7.87. The zero-order valence-corrected chi connectivity index (χ0v) is 10.7. The molecule has 0 saturated carbocycles. The van der Waals surface area contributed by atoms with Crippen molar-refractivity contribution in [2.24, 2.45) is 5.73 Å². The van der Waals surface area contributed by atoms with Crippen LogP contribution in [0.25, 0.3) is 0 Å². The predicted molar refractivity (Wildman–Crippen MR) is 65.3 cm³/mol. The first-order valence-corrected chi connectivity index (χ1v) is 6.78. The fourth-order valence-electron chi connectivity index (χ4n) is 1.37. The van der Waals surface area contributed by atoms with Crippen LogP contribution in [0, 0.1) is 5.82 Å². The van der Waals surface area contributed by atoms with Gasteiger partial charge in [-0.15, -0.1) is 0 Å². The average molecular weight is 260 g/mol. The summed E-state index contributed by atoms with van der Waals surface area (Å²) in [6.45, 7) is 1.86. The van der Waals surface area contributed by atoms with E-state index in [1.165, 1.54) is 23.5 Å². The first-order valence-electron chi connectivity index (χ1n) is 5.27. The molecule has 1 atom stereocenters. The zero-order valence-electron chi connectivity index (χ0n) is 9.93. The van der Waals surface area contributed by atoms with Crippen molar-refractivity contribution in [3.05, 3.63) is 35.6 Å². The maximum Gasteiger partial charge on any atom is 0.218 e. The molecule has 96 valence electrons. The smallest absolute Gasteiger partial charge is 0.218 e. The zero-order chi connectivity index (χ0) is 13.1. The Balaban J connectivity index is 2.79. The van der Waals surface area contributed by atoms with Crippen molar-refractivity contribution >= 4 is 10.0 Å². The minimum absolute atomic E-state index is 0.0795. The van der Waals surface area contributed by atoms with Gasteiger partial charge in [-0.3, -0.25) is 0 Å². The molecular formula is C11H17FN2O2S. The molecule has 1 aromatic rings. The second kappa shape index (κ2) is 5.57. The lowest BCUT2D eigenvalue weighted by Gasteiger charge is -2.21. The number of halogens is 1. The maximum atomic E-state index is 12.7. The van der Waals surface area contributed by atoms with Crippen molar-refractivity contribution in [1.82, 2.24) is 4.31 Å². The van der Waals surface area contributed by atoms with Crippen LogP contribution in [-0.2, 0) is 16.6 Å². The summed E-state index contributed by atoms with van der Waals surface area (Å²) in [5.74, 6) is -0.338. The number of rotatable bonds is 5. The van der Waals surface area contributed by atoms with Crippen LogP contribution >= 0.6 is 0 Å². The topological polar surface area (TPSA) is 63.4 Å². The van der Waals surface area contributed by atoms with Crippen LogP contribution in [0.3, 0.4) is 0 Å². The fraction of sp³-hybridized carbons (Fsp3) is 0.455. The second-order valence-electron chi connectivity index (χ2n) is 3.97. The highest BCUT2D eigenvalue weighted by molar-refractivity contribution is 7.89. The summed E-state index contributed by atoms with van der Waals surface area (Å²) in [6.07, 6.45) is 0. The number of benzene rings is 1.